The molecule has 0 aliphatic rings. The molecule has 1 rings (SSSR count). The molecule has 7 heteroatoms. The van der Waals surface area contributed by atoms with E-state index in [-0.39, 0.29) is 12.4 Å². The standard InChI is InChI=1S/C12H14FNO5/c1-12(2,11(15)18-3)7-19-10-5-4-8(13)6-9(10)14(16)17/h4-6H,7H2,1-3H3. The van der Waals surface area contributed by atoms with Crippen LogP contribution in [0.5, 0.6) is 5.75 Å². The van der Waals surface area contributed by atoms with Crippen LogP contribution in [0.4, 0.5) is 10.1 Å². The van der Waals surface area contributed by atoms with Crippen LogP contribution < -0.4 is 4.74 Å². The van der Waals surface area contributed by atoms with Gasteiger partial charge < -0.3 is 9.47 Å². The summed E-state index contributed by atoms with van der Waals surface area (Å²) in [6.07, 6.45) is 0. The highest BCUT2D eigenvalue weighted by molar-refractivity contribution is 5.75. The quantitative estimate of drug-likeness (QED) is 0.466. The van der Waals surface area contributed by atoms with E-state index in [2.05, 4.69) is 4.74 Å². The van der Waals surface area contributed by atoms with Gasteiger partial charge in [-0.1, -0.05) is 0 Å². The molecule has 0 bridgehead atoms. The molecule has 0 saturated carbocycles. The minimum absolute atomic E-state index is 0.0941. The number of nitrogens with zero attached hydrogens (tertiary/aromatic N) is 1. The van der Waals surface area contributed by atoms with Gasteiger partial charge in [0.15, 0.2) is 5.75 Å². The largest absolute Gasteiger partial charge is 0.486 e. The lowest BCUT2D eigenvalue weighted by Crippen LogP contribution is -2.32. The number of ether oxygens (including phenoxy) is 2. The van der Waals surface area contributed by atoms with Gasteiger partial charge >= 0.3 is 11.7 Å². The molecule has 104 valence electrons. The molecule has 0 aromatic heterocycles. The summed E-state index contributed by atoms with van der Waals surface area (Å²) < 4.78 is 22.7. The molecule has 19 heavy (non-hydrogen) atoms. The molecule has 1 aromatic rings. The van der Waals surface area contributed by atoms with Crippen molar-refractivity contribution in [3.05, 3.63) is 34.1 Å². The Kier molecular flexibility index (Phi) is 4.42. The molecule has 0 N–H and O–H groups in total. The van der Waals surface area contributed by atoms with Gasteiger partial charge in [-0.05, 0) is 26.0 Å². The Morgan fingerprint density at radius 3 is 2.63 bits per heavy atom. The monoisotopic (exact) mass is 271 g/mol. The van der Waals surface area contributed by atoms with E-state index < -0.39 is 27.8 Å². The molecule has 1 aromatic carbocycles. The number of carbonyl (C=O) groups excluding carboxylic acids is 1. The predicted octanol–water partition coefficient (Wildman–Crippen LogP) is 2.31. The number of rotatable bonds is 5. The lowest BCUT2D eigenvalue weighted by Gasteiger charge is -2.21. The van der Waals surface area contributed by atoms with E-state index in [0.717, 1.165) is 18.2 Å². The number of methoxy groups -OCH3 is 1. The van der Waals surface area contributed by atoms with Gasteiger partial charge in [0, 0.05) is 0 Å². The molecule has 0 aliphatic carbocycles. The average molecular weight is 271 g/mol. The summed E-state index contributed by atoms with van der Waals surface area (Å²) in [5.74, 6) is -1.33. The Morgan fingerprint density at radius 2 is 2.11 bits per heavy atom. The van der Waals surface area contributed by atoms with Gasteiger partial charge in [-0.3, -0.25) is 14.9 Å². The second-order valence-electron chi connectivity index (χ2n) is 4.53. The molecule has 0 amide bonds. The molecular weight excluding hydrogens is 257 g/mol. The van der Waals surface area contributed by atoms with Crippen LogP contribution in [0.2, 0.25) is 0 Å². The van der Waals surface area contributed by atoms with Crippen molar-refractivity contribution < 1.29 is 23.6 Å². The van der Waals surface area contributed by atoms with Crippen molar-refractivity contribution in [1.29, 1.82) is 0 Å². The zero-order chi connectivity index (χ0) is 14.6. The van der Waals surface area contributed by atoms with Crippen molar-refractivity contribution in [1.82, 2.24) is 0 Å². The van der Waals surface area contributed by atoms with E-state index in [1.54, 1.807) is 13.8 Å². The number of halogens is 1. The second kappa shape index (κ2) is 5.64. The Labute approximate surface area is 109 Å². The summed E-state index contributed by atoms with van der Waals surface area (Å²) in [5.41, 5.74) is -1.45. The van der Waals surface area contributed by atoms with E-state index in [0.29, 0.717) is 0 Å². The minimum Gasteiger partial charge on any atom is -0.486 e. The molecule has 0 saturated heterocycles. The number of benzene rings is 1. The van der Waals surface area contributed by atoms with Gasteiger partial charge in [-0.25, -0.2) is 4.39 Å². The highest BCUT2D eigenvalue weighted by Crippen LogP contribution is 2.29. The zero-order valence-corrected chi connectivity index (χ0v) is 10.8. The Balaban J connectivity index is 2.89. The number of esters is 1. The predicted molar refractivity (Wildman–Crippen MR) is 64.3 cm³/mol. The van der Waals surface area contributed by atoms with Gasteiger partial charge in [0.05, 0.1) is 23.5 Å². The molecule has 0 fully saturated rings. The van der Waals surface area contributed by atoms with Crippen molar-refractivity contribution >= 4 is 11.7 Å². The first-order valence-electron chi connectivity index (χ1n) is 5.43. The van der Waals surface area contributed by atoms with Gasteiger partial charge in [0.1, 0.15) is 12.4 Å². The van der Waals surface area contributed by atoms with Gasteiger partial charge in [-0.15, -0.1) is 0 Å². The van der Waals surface area contributed by atoms with Gasteiger partial charge in [0.25, 0.3) is 0 Å². The van der Waals surface area contributed by atoms with Gasteiger partial charge in [0.2, 0.25) is 0 Å². The van der Waals surface area contributed by atoms with E-state index in [4.69, 9.17) is 4.74 Å². The summed E-state index contributed by atoms with van der Waals surface area (Å²) in [6, 6.07) is 2.97. The molecule has 0 aliphatic heterocycles. The van der Waals surface area contributed by atoms with E-state index >= 15 is 0 Å². The number of hydrogen-bond donors (Lipinski definition) is 0. The summed E-state index contributed by atoms with van der Waals surface area (Å²) in [4.78, 5) is 21.4. The Hall–Kier alpha value is -2.18. The number of hydrogen-bond acceptors (Lipinski definition) is 5. The summed E-state index contributed by atoms with van der Waals surface area (Å²) >= 11 is 0. The lowest BCUT2D eigenvalue weighted by molar-refractivity contribution is -0.386. The van der Waals surface area contributed by atoms with Crippen molar-refractivity contribution in [2.24, 2.45) is 5.41 Å². The van der Waals surface area contributed by atoms with E-state index in [9.17, 15) is 19.3 Å². The molecule has 0 atom stereocenters. The maximum absolute atomic E-state index is 12.9. The molecule has 0 radical (unpaired) electrons. The van der Waals surface area contributed by atoms with Crippen LogP contribution in [-0.2, 0) is 9.53 Å². The fraction of sp³-hybridized carbons (Fsp3) is 0.417. The van der Waals surface area contributed by atoms with Crippen LogP contribution in [0, 0.1) is 21.3 Å². The van der Waals surface area contributed by atoms with E-state index in [1.807, 2.05) is 0 Å². The Morgan fingerprint density at radius 1 is 1.47 bits per heavy atom. The topological polar surface area (TPSA) is 78.7 Å². The maximum atomic E-state index is 12.9. The Bertz CT molecular complexity index is 501. The maximum Gasteiger partial charge on any atom is 0.314 e. The number of carbonyl (C=O) groups is 1. The van der Waals surface area contributed by atoms with Crippen LogP contribution in [-0.4, -0.2) is 24.6 Å². The number of nitro groups is 1. The van der Waals surface area contributed by atoms with Crippen LogP contribution in [0.25, 0.3) is 0 Å². The first-order valence-corrected chi connectivity index (χ1v) is 5.43. The summed E-state index contributed by atoms with van der Waals surface area (Å²) in [6.45, 7) is 3.04. The molecular formula is C12H14FNO5. The fourth-order valence-electron chi connectivity index (χ4n) is 1.35. The highest BCUT2D eigenvalue weighted by atomic mass is 19.1. The third-order valence-electron chi connectivity index (χ3n) is 2.44. The van der Waals surface area contributed by atoms with Crippen LogP contribution >= 0.6 is 0 Å². The molecule has 0 heterocycles. The van der Waals surface area contributed by atoms with Crippen molar-refractivity contribution in [2.75, 3.05) is 13.7 Å². The fourth-order valence-corrected chi connectivity index (χ4v) is 1.35. The van der Waals surface area contributed by atoms with Gasteiger partial charge in [-0.2, -0.15) is 0 Å². The SMILES string of the molecule is COC(=O)C(C)(C)COc1ccc(F)cc1[N+](=O)[O-]. The summed E-state index contributed by atoms with van der Waals surface area (Å²) in [7, 11) is 1.24. The lowest BCUT2D eigenvalue weighted by atomic mass is 9.95. The van der Waals surface area contributed by atoms with Crippen molar-refractivity contribution in [3.8, 4) is 5.75 Å². The third kappa shape index (κ3) is 3.64. The normalized spacial score (nSPS) is 10.9. The summed E-state index contributed by atoms with van der Waals surface area (Å²) in [5, 5.41) is 10.8. The third-order valence-corrected chi connectivity index (χ3v) is 2.44. The average Bonchev–Trinajstić information content (AvgIpc) is 2.36. The molecule has 6 nitrogen and oxygen atoms in total. The van der Waals surface area contributed by atoms with Crippen molar-refractivity contribution in [3.63, 3.8) is 0 Å². The van der Waals surface area contributed by atoms with Crippen LogP contribution in [0.15, 0.2) is 18.2 Å². The molecule has 0 unspecified atom stereocenters. The van der Waals surface area contributed by atoms with Crippen LogP contribution in [0.1, 0.15) is 13.8 Å². The minimum atomic E-state index is -0.961. The molecule has 0 spiro atoms. The van der Waals surface area contributed by atoms with Crippen LogP contribution in [0.3, 0.4) is 0 Å². The second-order valence-corrected chi connectivity index (χ2v) is 4.53. The van der Waals surface area contributed by atoms with Crippen molar-refractivity contribution in [2.45, 2.75) is 13.8 Å². The first-order chi connectivity index (χ1) is 8.77. The first kappa shape index (κ1) is 14.9. The van der Waals surface area contributed by atoms with E-state index in [1.165, 1.54) is 7.11 Å². The zero-order valence-electron chi connectivity index (χ0n) is 10.8. The number of nitro benzene ring substituents is 1. The smallest absolute Gasteiger partial charge is 0.314 e. The highest BCUT2D eigenvalue weighted by Gasteiger charge is 2.30.